The Labute approximate surface area is 106 Å². The van der Waals surface area contributed by atoms with E-state index < -0.39 is 5.97 Å². The summed E-state index contributed by atoms with van der Waals surface area (Å²) >= 11 is 0. The quantitative estimate of drug-likeness (QED) is 0.377. The summed E-state index contributed by atoms with van der Waals surface area (Å²) in [4.78, 5) is 11.4. The Hall–Kier alpha value is -2.25. The summed E-state index contributed by atoms with van der Waals surface area (Å²) in [7, 11) is 1.24. The second-order valence-electron chi connectivity index (χ2n) is 3.47. The Balaban J connectivity index is 3.05. The molecule has 0 unspecified atom stereocenters. The van der Waals surface area contributed by atoms with Gasteiger partial charge in [-0.1, -0.05) is 12.0 Å². The summed E-state index contributed by atoms with van der Waals surface area (Å²) in [6.45, 7) is 1.50. The number of hydrogen-bond donors (Lipinski definition) is 1. The molecule has 0 heterocycles. The molecule has 1 aromatic rings. The molecule has 0 aromatic heterocycles. The molecule has 0 amide bonds. The summed E-state index contributed by atoms with van der Waals surface area (Å²) in [6.07, 6.45) is 6.52. The number of esters is 1. The highest BCUT2D eigenvalue weighted by Crippen LogP contribution is 2.21. The van der Waals surface area contributed by atoms with Crippen LogP contribution in [0.2, 0.25) is 0 Å². The zero-order chi connectivity index (χ0) is 13.5. The summed E-state index contributed by atoms with van der Waals surface area (Å²) in [5, 5.41) is 8.83. The van der Waals surface area contributed by atoms with Gasteiger partial charge < -0.3 is 14.6 Å². The summed E-state index contributed by atoms with van der Waals surface area (Å²) in [5.74, 6) is 2.20. The standard InChI is InChI=1S/C14H14O4/c1-4-11-6-5-10(2)13(9-11)18-12(7-8-15)14(16)17-3/h1,5-7,9,15H,8H2,2-3H3/b12-7-. The van der Waals surface area contributed by atoms with E-state index in [1.165, 1.54) is 13.2 Å². The van der Waals surface area contributed by atoms with Crippen molar-refractivity contribution in [1.82, 2.24) is 0 Å². The number of ether oxygens (including phenoxy) is 2. The predicted molar refractivity (Wildman–Crippen MR) is 66.9 cm³/mol. The van der Waals surface area contributed by atoms with Crippen LogP contribution >= 0.6 is 0 Å². The molecule has 0 aliphatic heterocycles. The van der Waals surface area contributed by atoms with Crippen LogP contribution in [0.5, 0.6) is 5.75 Å². The van der Waals surface area contributed by atoms with Crippen LogP contribution in [0.1, 0.15) is 11.1 Å². The van der Waals surface area contributed by atoms with E-state index in [1.807, 2.05) is 6.92 Å². The maximum absolute atomic E-state index is 11.4. The smallest absolute Gasteiger partial charge is 0.373 e. The Bertz CT molecular complexity index is 509. The van der Waals surface area contributed by atoms with Gasteiger partial charge in [0.15, 0.2) is 0 Å². The summed E-state index contributed by atoms with van der Waals surface area (Å²) in [6, 6.07) is 5.21. The molecule has 0 fully saturated rings. The van der Waals surface area contributed by atoms with Crippen molar-refractivity contribution in [3.05, 3.63) is 41.2 Å². The van der Waals surface area contributed by atoms with Crippen LogP contribution in [0.4, 0.5) is 0 Å². The summed E-state index contributed by atoms with van der Waals surface area (Å²) < 4.78 is 9.96. The number of aryl methyl sites for hydroxylation is 1. The lowest BCUT2D eigenvalue weighted by atomic mass is 10.1. The van der Waals surface area contributed by atoms with E-state index in [-0.39, 0.29) is 12.4 Å². The highest BCUT2D eigenvalue weighted by Gasteiger charge is 2.13. The minimum absolute atomic E-state index is 0.0720. The zero-order valence-electron chi connectivity index (χ0n) is 10.3. The molecule has 0 saturated heterocycles. The van der Waals surface area contributed by atoms with Crippen molar-refractivity contribution in [2.24, 2.45) is 0 Å². The molecule has 0 bridgehead atoms. The molecule has 18 heavy (non-hydrogen) atoms. The Morgan fingerprint density at radius 3 is 2.83 bits per heavy atom. The fourth-order valence-corrected chi connectivity index (χ4v) is 1.27. The van der Waals surface area contributed by atoms with Crippen molar-refractivity contribution in [1.29, 1.82) is 0 Å². The zero-order valence-corrected chi connectivity index (χ0v) is 10.3. The molecule has 4 heteroatoms. The lowest BCUT2D eigenvalue weighted by Crippen LogP contribution is -2.12. The van der Waals surface area contributed by atoms with Gasteiger partial charge in [-0.15, -0.1) is 6.42 Å². The van der Waals surface area contributed by atoms with E-state index in [1.54, 1.807) is 18.2 Å². The van der Waals surface area contributed by atoms with E-state index in [0.717, 1.165) is 5.56 Å². The SMILES string of the molecule is C#Cc1ccc(C)c(O/C(=C\CO)C(=O)OC)c1. The van der Waals surface area contributed by atoms with Crippen molar-refractivity contribution >= 4 is 5.97 Å². The molecule has 4 nitrogen and oxygen atoms in total. The monoisotopic (exact) mass is 246 g/mol. The molecule has 1 N–H and O–H groups in total. The molecule has 0 radical (unpaired) electrons. The third-order valence-electron chi connectivity index (χ3n) is 2.24. The lowest BCUT2D eigenvalue weighted by Gasteiger charge is -2.10. The van der Waals surface area contributed by atoms with Crippen LogP contribution in [0.25, 0.3) is 0 Å². The highest BCUT2D eigenvalue weighted by molar-refractivity contribution is 5.86. The van der Waals surface area contributed by atoms with E-state index in [0.29, 0.717) is 11.3 Å². The third kappa shape index (κ3) is 3.37. The maximum atomic E-state index is 11.4. The normalized spacial score (nSPS) is 10.7. The van der Waals surface area contributed by atoms with Crippen molar-refractivity contribution in [2.45, 2.75) is 6.92 Å². The van der Waals surface area contributed by atoms with Gasteiger partial charge in [-0.05, 0) is 30.7 Å². The van der Waals surface area contributed by atoms with Crippen LogP contribution < -0.4 is 4.74 Å². The largest absolute Gasteiger partial charge is 0.463 e. The second kappa shape index (κ2) is 6.48. The van der Waals surface area contributed by atoms with Gasteiger partial charge >= 0.3 is 5.97 Å². The molecule has 94 valence electrons. The van der Waals surface area contributed by atoms with Crippen LogP contribution in [0.3, 0.4) is 0 Å². The molecular weight excluding hydrogens is 232 g/mol. The number of rotatable bonds is 4. The van der Waals surface area contributed by atoms with Crippen LogP contribution in [0.15, 0.2) is 30.0 Å². The van der Waals surface area contributed by atoms with Gasteiger partial charge in [-0.3, -0.25) is 0 Å². The molecule has 1 rings (SSSR count). The lowest BCUT2D eigenvalue weighted by molar-refractivity contribution is -0.138. The van der Waals surface area contributed by atoms with Gasteiger partial charge in [-0.2, -0.15) is 0 Å². The van der Waals surface area contributed by atoms with Gasteiger partial charge in [0, 0.05) is 5.56 Å². The first-order valence-corrected chi connectivity index (χ1v) is 5.26. The Morgan fingerprint density at radius 2 is 2.28 bits per heavy atom. The average Bonchev–Trinajstić information content (AvgIpc) is 2.39. The molecule has 0 aliphatic rings. The van der Waals surface area contributed by atoms with E-state index in [2.05, 4.69) is 10.7 Å². The molecule has 0 aliphatic carbocycles. The molecule has 0 spiro atoms. The number of benzene rings is 1. The Morgan fingerprint density at radius 1 is 1.56 bits per heavy atom. The third-order valence-corrected chi connectivity index (χ3v) is 2.24. The van der Waals surface area contributed by atoms with Crippen molar-refractivity contribution < 1.29 is 19.4 Å². The summed E-state index contributed by atoms with van der Waals surface area (Å²) in [5.41, 5.74) is 1.46. The predicted octanol–water partition coefficient (Wildman–Crippen LogP) is 1.40. The molecule has 1 aromatic carbocycles. The number of aliphatic hydroxyl groups is 1. The number of aliphatic hydroxyl groups excluding tert-OH is 1. The van der Waals surface area contributed by atoms with Crippen LogP contribution in [-0.2, 0) is 9.53 Å². The number of methoxy groups -OCH3 is 1. The Kier molecular flexibility index (Phi) is 4.97. The first-order valence-electron chi connectivity index (χ1n) is 5.26. The number of carbonyl (C=O) groups is 1. The van der Waals surface area contributed by atoms with Gasteiger partial charge in [0.25, 0.3) is 0 Å². The van der Waals surface area contributed by atoms with Gasteiger partial charge in [0.2, 0.25) is 5.76 Å². The van der Waals surface area contributed by atoms with Gasteiger partial charge in [0.1, 0.15) is 5.75 Å². The van der Waals surface area contributed by atoms with E-state index >= 15 is 0 Å². The van der Waals surface area contributed by atoms with Crippen molar-refractivity contribution in [3.8, 4) is 18.1 Å². The topological polar surface area (TPSA) is 55.8 Å². The molecule has 0 saturated carbocycles. The van der Waals surface area contributed by atoms with Crippen LogP contribution in [0, 0.1) is 19.3 Å². The van der Waals surface area contributed by atoms with Crippen molar-refractivity contribution in [2.75, 3.05) is 13.7 Å². The fraction of sp³-hybridized carbons (Fsp3) is 0.214. The first-order chi connectivity index (χ1) is 8.62. The average molecular weight is 246 g/mol. The maximum Gasteiger partial charge on any atom is 0.373 e. The highest BCUT2D eigenvalue weighted by atomic mass is 16.6. The van der Waals surface area contributed by atoms with Crippen molar-refractivity contribution in [3.63, 3.8) is 0 Å². The van der Waals surface area contributed by atoms with Gasteiger partial charge in [-0.25, -0.2) is 4.79 Å². The fourth-order valence-electron chi connectivity index (χ4n) is 1.27. The number of terminal acetylenes is 1. The molecule has 0 atom stereocenters. The minimum Gasteiger partial charge on any atom is -0.463 e. The molecular formula is C14H14O4. The minimum atomic E-state index is -0.658. The van der Waals surface area contributed by atoms with E-state index in [4.69, 9.17) is 16.3 Å². The van der Waals surface area contributed by atoms with Gasteiger partial charge in [0.05, 0.1) is 13.7 Å². The van der Waals surface area contributed by atoms with E-state index in [9.17, 15) is 4.79 Å². The van der Waals surface area contributed by atoms with Crippen LogP contribution in [-0.4, -0.2) is 24.8 Å². The first kappa shape index (κ1) is 13.8. The number of hydrogen-bond acceptors (Lipinski definition) is 4. The second-order valence-corrected chi connectivity index (χ2v) is 3.47. The number of carbonyl (C=O) groups excluding carboxylic acids is 1.